The Morgan fingerprint density at radius 2 is 1.61 bits per heavy atom. The number of carboxylic acids is 1. The van der Waals surface area contributed by atoms with Crippen LogP contribution < -0.4 is 10.6 Å². The first-order valence-electron chi connectivity index (χ1n) is 10.7. The van der Waals surface area contributed by atoms with Crippen molar-refractivity contribution in [2.45, 2.75) is 70.5 Å². The number of carboxylic acid groups (broad SMARTS) is 1. The van der Waals surface area contributed by atoms with Crippen molar-refractivity contribution in [3.8, 4) is 0 Å². The third kappa shape index (κ3) is 6.23. The molecule has 3 rings (SSSR count). The van der Waals surface area contributed by atoms with Crippen LogP contribution in [-0.2, 0) is 17.9 Å². The van der Waals surface area contributed by atoms with Gasteiger partial charge in [0.1, 0.15) is 0 Å². The molecule has 2 aliphatic rings. The fraction of sp³-hybridized carbons (Fsp3) is 0.636. The monoisotopic (exact) mass is 387 g/mol. The summed E-state index contributed by atoms with van der Waals surface area (Å²) in [5.74, 6) is -0.976. The zero-order valence-electron chi connectivity index (χ0n) is 16.7. The summed E-state index contributed by atoms with van der Waals surface area (Å²) in [5.41, 5.74) is 2.45. The Morgan fingerprint density at radius 1 is 0.964 bits per heavy atom. The van der Waals surface area contributed by atoms with Crippen molar-refractivity contribution in [3.63, 3.8) is 0 Å². The maximum Gasteiger partial charge on any atom is 0.315 e. The van der Waals surface area contributed by atoms with Gasteiger partial charge in [-0.15, -0.1) is 0 Å². The Balaban J connectivity index is 1.46. The van der Waals surface area contributed by atoms with Gasteiger partial charge in [-0.3, -0.25) is 9.69 Å². The summed E-state index contributed by atoms with van der Waals surface area (Å²) in [4.78, 5) is 25.9. The van der Waals surface area contributed by atoms with E-state index in [2.05, 4.69) is 33.7 Å². The molecule has 2 amide bonds. The van der Waals surface area contributed by atoms with Crippen LogP contribution in [-0.4, -0.2) is 41.1 Å². The first kappa shape index (κ1) is 20.6. The highest BCUT2D eigenvalue weighted by atomic mass is 16.4. The van der Waals surface area contributed by atoms with Crippen LogP contribution in [0, 0.1) is 5.92 Å². The van der Waals surface area contributed by atoms with E-state index in [1.165, 1.54) is 31.2 Å². The summed E-state index contributed by atoms with van der Waals surface area (Å²) in [6.45, 7) is 3.77. The predicted octanol–water partition coefficient (Wildman–Crippen LogP) is 3.51. The molecule has 28 heavy (non-hydrogen) atoms. The van der Waals surface area contributed by atoms with Gasteiger partial charge in [0, 0.05) is 19.1 Å². The number of likely N-dealkylation sites (tertiary alicyclic amines) is 1. The van der Waals surface area contributed by atoms with Crippen molar-refractivity contribution >= 4 is 12.0 Å². The molecule has 1 aliphatic carbocycles. The van der Waals surface area contributed by atoms with Gasteiger partial charge in [0.2, 0.25) is 0 Å². The average molecular weight is 388 g/mol. The number of rotatable bonds is 6. The van der Waals surface area contributed by atoms with Gasteiger partial charge in [0.15, 0.2) is 0 Å². The molecular weight excluding hydrogens is 354 g/mol. The number of carbonyl (C=O) groups is 2. The topological polar surface area (TPSA) is 81.7 Å². The third-order valence-corrected chi connectivity index (χ3v) is 6.06. The van der Waals surface area contributed by atoms with Crippen molar-refractivity contribution in [2.75, 3.05) is 13.1 Å². The van der Waals surface area contributed by atoms with E-state index in [1.54, 1.807) is 0 Å². The summed E-state index contributed by atoms with van der Waals surface area (Å²) in [6.07, 6.45) is 7.94. The molecule has 0 bridgehead atoms. The van der Waals surface area contributed by atoms with Crippen LogP contribution in [0.4, 0.5) is 4.79 Å². The van der Waals surface area contributed by atoms with Gasteiger partial charge in [-0.25, -0.2) is 4.79 Å². The molecule has 1 aromatic rings. The average Bonchev–Trinajstić information content (AvgIpc) is 2.96. The molecule has 0 aromatic heterocycles. The lowest BCUT2D eigenvalue weighted by molar-refractivity contribution is -0.142. The van der Waals surface area contributed by atoms with Gasteiger partial charge < -0.3 is 15.7 Å². The van der Waals surface area contributed by atoms with Gasteiger partial charge in [0.25, 0.3) is 0 Å². The molecule has 1 saturated heterocycles. The zero-order chi connectivity index (χ0) is 19.8. The number of nitrogens with zero attached hydrogens (tertiary/aromatic N) is 1. The molecule has 1 aliphatic heterocycles. The van der Waals surface area contributed by atoms with E-state index in [9.17, 15) is 9.59 Å². The number of carbonyl (C=O) groups excluding carboxylic acids is 1. The van der Waals surface area contributed by atoms with Crippen LogP contribution in [0.3, 0.4) is 0 Å². The van der Waals surface area contributed by atoms with Gasteiger partial charge in [-0.1, -0.05) is 37.1 Å². The number of amides is 2. The molecule has 2 fully saturated rings. The standard InChI is InChI=1S/C22H33N3O3/c26-21(27)17-9-11-20(12-10-17)24-22(28)23-15-18-7-3-4-8-19(18)16-25-13-5-1-2-6-14-25/h3-4,7-8,17,20H,1-2,5-6,9-16H2,(H,26,27)(H2,23,24,28). The molecule has 1 aromatic carbocycles. The molecule has 6 heteroatoms. The minimum atomic E-state index is -0.719. The van der Waals surface area contributed by atoms with Crippen LogP contribution in [0.15, 0.2) is 24.3 Å². The Morgan fingerprint density at radius 3 is 2.25 bits per heavy atom. The SMILES string of the molecule is O=C(NCc1ccccc1CN1CCCCCC1)NC1CCC(C(=O)O)CC1. The van der Waals surface area contributed by atoms with E-state index in [0.717, 1.165) is 38.0 Å². The second-order valence-electron chi connectivity index (χ2n) is 8.17. The van der Waals surface area contributed by atoms with Gasteiger partial charge in [-0.05, 0) is 62.7 Å². The highest BCUT2D eigenvalue weighted by Crippen LogP contribution is 2.24. The first-order valence-corrected chi connectivity index (χ1v) is 10.7. The van der Waals surface area contributed by atoms with Gasteiger partial charge in [-0.2, -0.15) is 0 Å². The molecule has 6 nitrogen and oxygen atoms in total. The van der Waals surface area contributed by atoms with Crippen molar-refractivity contribution in [1.29, 1.82) is 0 Å². The summed E-state index contributed by atoms with van der Waals surface area (Å²) in [7, 11) is 0. The second kappa shape index (κ2) is 10.5. The van der Waals surface area contributed by atoms with Crippen molar-refractivity contribution in [3.05, 3.63) is 35.4 Å². The fourth-order valence-corrected chi connectivity index (χ4v) is 4.32. The molecule has 1 heterocycles. The van der Waals surface area contributed by atoms with E-state index in [0.29, 0.717) is 19.4 Å². The van der Waals surface area contributed by atoms with E-state index in [4.69, 9.17) is 5.11 Å². The van der Waals surface area contributed by atoms with Gasteiger partial charge in [0.05, 0.1) is 5.92 Å². The molecule has 0 radical (unpaired) electrons. The highest BCUT2D eigenvalue weighted by molar-refractivity contribution is 5.74. The summed E-state index contributed by atoms with van der Waals surface area (Å²) in [5, 5.41) is 15.1. The van der Waals surface area contributed by atoms with Crippen LogP contribution in [0.1, 0.15) is 62.5 Å². The minimum absolute atomic E-state index is 0.0722. The Bertz CT molecular complexity index is 648. The quantitative estimate of drug-likeness (QED) is 0.698. The van der Waals surface area contributed by atoms with Crippen LogP contribution >= 0.6 is 0 Å². The molecule has 3 N–H and O–H groups in total. The molecule has 0 spiro atoms. The summed E-state index contributed by atoms with van der Waals surface area (Å²) < 4.78 is 0. The number of hydrogen-bond acceptors (Lipinski definition) is 3. The molecule has 1 saturated carbocycles. The lowest BCUT2D eigenvalue weighted by atomic mass is 9.86. The Kier molecular flexibility index (Phi) is 7.71. The zero-order valence-corrected chi connectivity index (χ0v) is 16.7. The van der Waals surface area contributed by atoms with Crippen LogP contribution in [0.2, 0.25) is 0 Å². The largest absolute Gasteiger partial charge is 0.481 e. The molecule has 154 valence electrons. The highest BCUT2D eigenvalue weighted by Gasteiger charge is 2.26. The predicted molar refractivity (Wildman–Crippen MR) is 109 cm³/mol. The lowest BCUT2D eigenvalue weighted by Gasteiger charge is -2.27. The van der Waals surface area contributed by atoms with Crippen LogP contribution in [0.25, 0.3) is 0 Å². The van der Waals surface area contributed by atoms with Gasteiger partial charge >= 0.3 is 12.0 Å². The first-order chi connectivity index (χ1) is 13.6. The fourth-order valence-electron chi connectivity index (χ4n) is 4.32. The van der Waals surface area contributed by atoms with Crippen molar-refractivity contribution < 1.29 is 14.7 Å². The minimum Gasteiger partial charge on any atom is -0.481 e. The number of aliphatic carboxylic acids is 1. The van der Waals surface area contributed by atoms with Crippen LogP contribution in [0.5, 0.6) is 0 Å². The lowest BCUT2D eigenvalue weighted by Crippen LogP contribution is -2.44. The summed E-state index contributed by atoms with van der Waals surface area (Å²) in [6, 6.07) is 8.25. The van der Waals surface area contributed by atoms with E-state index >= 15 is 0 Å². The van der Waals surface area contributed by atoms with Crippen molar-refractivity contribution in [1.82, 2.24) is 15.5 Å². The summed E-state index contributed by atoms with van der Waals surface area (Å²) >= 11 is 0. The Hall–Kier alpha value is -2.08. The maximum atomic E-state index is 12.3. The third-order valence-electron chi connectivity index (χ3n) is 6.06. The molecule has 0 unspecified atom stereocenters. The number of hydrogen-bond donors (Lipinski definition) is 3. The molecule has 0 atom stereocenters. The maximum absolute atomic E-state index is 12.3. The number of benzene rings is 1. The van der Waals surface area contributed by atoms with E-state index < -0.39 is 5.97 Å². The molecular formula is C22H33N3O3. The van der Waals surface area contributed by atoms with Crippen molar-refractivity contribution in [2.24, 2.45) is 5.92 Å². The number of nitrogens with one attached hydrogen (secondary N) is 2. The van der Waals surface area contributed by atoms with E-state index in [-0.39, 0.29) is 18.0 Å². The second-order valence-corrected chi connectivity index (χ2v) is 8.17. The van der Waals surface area contributed by atoms with E-state index in [1.807, 2.05) is 6.07 Å². The number of urea groups is 1. The smallest absolute Gasteiger partial charge is 0.315 e. The normalized spacial score (nSPS) is 23.6. The Labute approximate surface area is 167 Å².